The minimum absolute atomic E-state index is 0.118. The lowest BCUT2D eigenvalue weighted by atomic mass is 10.1. The number of aliphatic imine (C=N–C) groups is 1. The van der Waals surface area contributed by atoms with Crippen LogP contribution >= 0.6 is 0 Å². The van der Waals surface area contributed by atoms with Crippen LogP contribution in [0.4, 0.5) is 0 Å². The van der Waals surface area contributed by atoms with E-state index in [1.54, 1.807) is 0 Å². The van der Waals surface area contributed by atoms with Crippen molar-refractivity contribution < 1.29 is 29.4 Å². The summed E-state index contributed by atoms with van der Waals surface area (Å²) in [6, 6.07) is -2.42. The summed E-state index contributed by atoms with van der Waals surface area (Å²) in [5.74, 6) is -3.63. The highest BCUT2D eigenvalue weighted by Crippen LogP contribution is 2.00. The molecule has 0 aliphatic rings. The van der Waals surface area contributed by atoms with Crippen molar-refractivity contribution in [2.24, 2.45) is 22.2 Å². The first kappa shape index (κ1) is 23.1. The lowest BCUT2D eigenvalue weighted by Crippen LogP contribution is -2.56. The maximum atomic E-state index is 12.3. The number of aliphatic hydroxyl groups excluding tert-OH is 1. The lowest BCUT2D eigenvalue weighted by Gasteiger charge is -2.21. The molecule has 0 heterocycles. The molecule has 0 saturated carbocycles. The van der Waals surface area contributed by atoms with Crippen molar-refractivity contribution >= 4 is 29.7 Å². The van der Waals surface area contributed by atoms with Crippen LogP contribution in [-0.4, -0.2) is 78.2 Å². The second kappa shape index (κ2) is 12.4. The summed E-state index contributed by atoms with van der Waals surface area (Å²) < 4.78 is 0. The predicted molar refractivity (Wildman–Crippen MR) is 90.6 cm³/mol. The van der Waals surface area contributed by atoms with E-state index in [2.05, 4.69) is 15.6 Å². The highest BCUT2D eigenvalue weighted by molar-refractivity contribution is 5.93. The van der Waals surface area contributed by atoms with E-state index in [0.717, 1.165) is 0 Å². The van der Waals surface area contributed by atoms with Gasteiger partial charge in [-0.1, -0.05) is 0 Å². The van der Waals surface area contributed by atoms with Crippen molar-refractivity contribution in [1.82, 2.24) is 16.0 Å². The van der Waals surface area contributed by atoms with Gasteiger partial charge in [-0.2, -0.15) is 0 Å². The molecule has 0 bridgehead atoms. The van der Waals surface area contributed by atoms with Gasteiger partial charge in [0.05, 0.1) is 13.2 Å². The van der Waals surface area contributed by atoms with Crippen LogP contribution in [0.5, 0.6) is 0 Å². The summed E-state index contributed by atoms with van der Waals surface area (Å²) in [4.78, 5) is 49.7. The summed E-state index contributed by atoms with van der Waals surface area (Å²) in [6.45, 7) is -1.56. The second-order valence-corrected chi connectivity index (χ2v) is 5.13. The zero-order valence-corrected chi connectivity index (χ0v) is 14.1. The van der Waals surface area contributed by atoms with Gasteiger partial charge in [-0.25, -0.2) is 0 Å². The van der Waals surface area contributed by atoms with E-state index >= 15 is 0 Å². The normalized spacial score (nSPS) is 12.4. The molecule has 0 aliphatic heterocycles. The topological polar surface area (TPSA) is 235 Å². The summed E-state index contributed by atoms with van der Waals surface area (Å²) in [5.41, 5.74) is 15.6. The van der Waals surface area contributed by atoms with Crippen molar-refractivity contribution in [3.05, 3.63) is 0 Å². The Bertz CT molecular complexity index is 535. The molecular formula is C13H25N7O6. The standard InChI is InChI=1S/C13H25N7O6/c14-4-9(22)19-7(2-1-3-17-13(15)16)12(26)20-8(6-21)11(25)18-5-10(23)24/h7-8,21H,1-6,14H2,(H,18,25)(H,19,22)(H,20,26)(H,23,24)(H4,15,16,17). The number of amides is 3. The van der Waals surface area contributed by atoms with E-state index < -0.39 is 48.9 Å². The molecule has 0 aromatic rings. The van der Waals surface area contributed by atoms with Crippen LogP contribution in [0.1, 0.15) is 12.8 Å². The molecule has 0 aliphatic carbocycles. The van der Waals surface area contributed by atoms with Crippen LogP contribution < -0.4 is 33.2 Å². The van der Waals surface area contributed by atoms with Crippen molar-refractivity contribution in [2.75, 3.05) is 26.2 Å². The van der Waals surface area contributed by atoms with Crippen LogP contribution in [0.2, 0.25) is 0 Å². The SMILES string of the molecule is NCC(=O)NC(CCCN=C(N)N)C(=O)NC(CO)C(=O)NCC(=O)O. The van der Waals surface area contributed by atoms with Crippen LogP contribution in [0.3, 0.4) is 0 Å². The molecule has 11 N–H and O–H groups in total. The fraction of sp³-hybridized carbons (Fsp3) is 0.615. The molecular weight excluding hydrogens is 350 g/mol. The number of nitrogens with zero attached hydrogens (tertiary/aromatic N) is 1. The molecule has 0 saturated heterocycles. The average Bonchev–Trinajstić information content (AvgIpc) is 2.59. The number of hydrogen-bond donors (Lipinski definition) is 8. The molecule has 0 radical (unpaired) electrons. The third kappa shape index (κ3) is 10.0. The van der Waals surface area contributed by atoms with Crippen molar-refractivity contribution in [2.45, 2.75) is 24.9 Å². The third-order valence-corrected chi connectivity index (χ3v) is 3.01. The summed E-state index contributed by atoms with van der Waals surface area (Å²) in [7, 11) is 0. The molecule has 2 unspecified atom stereocenters. The van der Waals surface area contributed by atoms with Crippen LogP contribution in [0.15, 0.2) is 4.99 Å². The number of carboxylic acid groups (broad SMARTS) is 1. The lowest BCUT2D eigenvalue weighted by molar-refractivity contribution is -0.138. The van der Waals surface area contributed by atoms with Crippen molar-refractivity contribution in [3.63, 3.8) is 0 Å². The smallest absolute Gasteiger partial charge is 0.322 e. The Labute approximate surface area is 149 Å². The largest absolute Gasteiger partial charge is 0.480 e. The molecule has 2 atom stereocenters. The summed E-state index contributed by atoms with van der Waals surface area (Å²) >= 11 is 0. The van der Waals surface area contributed by atoms with Gasteiger partial charge in [0, 0.05) is 6.54 Å². The Hall–Kier alpha value is -2.93. The van der Waals surface area contributed by atoms with E-state index in [1.807, 2.05) is 5.32 Å². The van der Waals surface area contributed by atoms with Crippen molar-refractivity contribution in [1.29, 1.82) is 0 Å². The maximum Gasteiger partial charge on any atom is 0.322 e. The van der Waals surface area contributed by atoms with Crippen molar-refractivity contribution in [3.8, 4) is 0 Å². The molecule has 0 fully saturated rings. The number of carbonyl (C=O) groups is 4. The van der Waals surface area contributed by atoms with Gasteiger partial charge in [0.2, 0.25) is 17.7 Å². The fourth-order valence-electron chi connectivity index (χ4n) is 1.78. The van der Waals surface area contributed by atoms with Crippen LogP contribution in [-0.2, 0) is 19.2 Å². The molecule has 26 heavy (non-hydrogen) atoms. The number of rotatable bonds is 12. The van der Waals surface area contributed by atoms with Gasteiger partial charge < -0.3 is 43.4 Å². The average molecular weight is 375 g/mol. The van der Waals surface area contributed by atoms with Gasteiger partial charge in [0.25, 0.3) is 0 Å². The molecule has 0 rings (SSSR count). The molecule has 0 aromatic carbocycles. The van der Waals surface area contributed by atoms with E-state index in [0.29, 0.717) is 6.42 Å². The number of aliphatic hydroxyl groups is 1. The maximum absolute atomic E-state index is 12.3. The minimum atomic E-state index is -1.38. The second-order valence-electron chi connectivity index (χ2n) is 5.13. The van der Waals surface area contributed by atoms with Gasteiger partial charge in [0.15, 0.2) is 5.96 Å². The van der Waals surface area contributed by atoms with E-state index in [1.165, 1.54) is 0 Å². The summed E-state index contributed by atoms with van der Waals surface area (Å²) in [6.07, 6.45) is 0.485. The van der Waals surface area contributed by atoms with Gasteiger partial charge in [-0.15, -0.1) is 0 Å². The van der Waals surface area contributed by atoms with E-state index in [4.69, 9.17) is 22.3 Å². The monoisotopic (exact) mass is 375 g/mol. The Morgan fingerprint density at radius 3 is 2.19 bits per heavy atom. The quantitative estimate of drug-likeness (QED) is 0.0925. The number of nitrogens with one attached hydrogen (secondary N) is 3. The first-order chi connectivity index (χ1) is 12.2. The van der Waals surface area contributed by atoms with E-state index in [9.17, 15) is 24.3 Å². The highest BCUT2D eigenvalue weighted by atomic mass is 16.4. The zero-order valence-electron chi connectivity index (χ0n) is 14.1. The molecule has 148 valence electrons. The molecule has 0 spiro atoms. The fourth-order valence-corrected chi connectivity index (χ4v) is 1.78. The molecule has 13 nitrogen and oxygen atoms in total. The molecule has 13 heteroatoms. The zero-order chi connectivity index (χ0) is 20.1. The Morgan fingerprint density at radius 2 is 1.69 bits per heavy atom. The number of carbonyl (C=O) groups excluding carboxylic acids is 3. The Balaban J connectivity index is 4.84. The van der Waals surface area contributed by atoms with Gasteiger partial charge in [-0.3, -0.25) is 24.2 Å². The minimum Gasteiger partial charge on any atom is -0.480 e. The van der Waals surface area contributed by atoms with Gasteiger partial charge >= 0.3 is 5.97 Å². The predicted octanol–water partition coefficient (Wildman–Crippen LogP) is -4.84. The number of aliphatic carboxylic acids is 1. The van der Waals surface area contributed by atoms with Gasteiger partial charge in [-0.05, 0) is 12.8 Å². The Morgan fingerprint density at radius 1 is 1.04 bits per heavy atom. The summed E-state index contributed by atoms with van der Waals surface area (Å²) in [5, 5.41) is 24.4. The third-order valence-electron chi connectivity index (χ3n) is 3.01. The number of hydrogen-bond acceptors (Lipinski definition) is 7. The number of carboxylic acids is 1. The molecule has 0 aromatic heterocycles. The Kier molecular flexibility index (Phi) is 11.0. The number of guanidine groups is 1. The first-order valence-electron chi connectivity index (χ1n) is 7.66. The van der Waals surface area contributed by atoms with E-state index in [-0.39, 0.29) is 25.5 Å². The molecule has 3 amide bonds. The van der Waals surface area contributed by atoms with Crippen LogP contribution in [0, 0.1) is 0 Å². The van der Waals surface area contributed by atoms with Gasteiger partial charge in [0.1, 0.15) is 18.6 Å². The highest BCUT2D eigenvalue weighted by Gasteiger charge is 2.26. The van der Waals surface area contributed by atoms with Crippen LogP contribution in [0.25, 0.3) is 0 Å². The first-order valence-corrected chi connectivity index (χ1v) is 7.66. The number of nitrogens with two attached hydrogens (primary N) is 3.